The lowest BCUT2D eigenvalue weighted by Crippen LogP contribution is -2.37. The lowest BCUT2D eigenvalue weighted by atomic mass is 10.1. The zero-order chi connectivity index (χ0) is 21.1. The summed E-state index contributed by atoms with van der Waals surface area (Å²) in [5.41, 5.74) is 1.60. The average molecular weight is 410 g/mol. The summed E-state index contributed by atoms with van der Waals surface area (Å²) >= 11 is 0. The molecule has 1 N–H and O–H groups in total. The minimum atomic E-state index is -0.550. The van der Waals surface area contributed by atoms with Crippen LogP contribution in [0.4, 0.5) is 8.78 Å². The van der Waals surface area contributed by atoms with E-state index in [-0.39, 0.29) is 23.2 Å². The first-order valence-electron chi connectivity index (χ1n) is 9.67. The molecule has 0 bridgehead atoms. The van der Waals surface area contributed by atoms with Crippen molar-refractivity contribution < 1.29 is 18.4 Å². The lowest BCUT2D eigenvalue weighted by molar-refractivity contribution is 0.0713. The number of carbonyl (C=O) groups is 2. The van der Waals surface area contributed by atoms with Gasteiger partial charge < -0.3 is 9.80 Å². The number of benzene rings is 2. The molecule has 1 saturated heterocycles. The summed E-state index contributed by atoms with van der Waals surface area (Å²) < 4.78 is 27.0. The fourth-order valence-electron chi connectivity index (χ4n) is 3.50. The predicted octanol–water partition coefficient (Wildman–Crippen LogP) is 3.34. The molecule has 30 heavy (non-hydrogen) atoms. The molecule has 0 unspecified atom stereocenters. The summed E-state index contributed by atoms with van der Waals surface area (Å²) in [6.45, 7) is 1.58. The highest BCUT2D eigenvalue weighted by molar-refractivity contribution is 5.95. The largest absolute Gasteiger partial charge is 0.337 e. The van der Waals surface area contributed by atoms with E-state index in [1.807, 2.05) is 0 Å². The number of carbonyl (C=O) groups excluding carboxylic acids is 2. The van der Waals surface area contributed by atoms with Crippen LogP contribution in [0, 0.1) is 11.6 Å². The van der Waals surface area contributed by atoms with Crippen LogP contribution < -0.4 is 0 Å². The molecule has 1 aliphatic heterocycles. The zero-order valence-corrected chi connectivity index (χ0v) is 16.1. The smallest absolute Gasteiger partial charge is 0.271 e. The number of H-pyrrole nitrogens is 1. The first-order valence-corrected chi connectivity index (χ1v) is 9.67. The number of rotatable bonds is 3. The van der Waals surface area contributed by atoms with E-state index in [4.69, 9.17) is 0 Å². The van der Waals surface area contributed by atoms with E-state index in [9.17, 15) is 18.4 Å². The summed E-state index contributed by atoms with van der Waals surface area (Å²) in [6, 6.07) is 13.4. The molecule has 1 fully saturated rings. The molecule has 1 aromatic heterocycles. The number of aromatic nitrogens is 2. The molecule has 0 radical (unpaired) electrons. The Morgan fingerprint density at radius 3 is 2.23 bits per heavy atom. The normalized spacial score (nSPS) is 14.5. The summed E-state index contributed by atoms with van der Waals surface area (Å²) in [5.74, 6) is -1.49. The van der Waals surface area contributed by atoms with Crippen LogP contribution in [0.2, 0.25) is 0 Å². The first kappa shape index (κ1) is 19.8. The van der Waals surface area contributed by atoms with Crippen LogP contribution in [0.1, 0.15) is 27.3 Å². The van der Waals surface area contributed by atoms with Crippen molar-refractivity contribution in [3.05, 3.63) is 77.5 Å². The number of nitrogens with one attached hydrogen (secondary N) is 1. The summed E-state index contributed by atoms with van der Waals surface area (Å²) in [5, 5.41) is 6.89. The maximum atomic E-state index is 13.9. The van der Waals surface area contributed by atoms with Gasteiger partial charge in [-0.1, -0.05) is 12.1 Å². The van der Waals surface area contributed by atoms with Crippen molar-refractivity contribution >= 4 is 11.8 Å². The highest BCUT2D eigenvalue weighted by atomic mass is 19.1. The molecule has 0 spiro atoms. The van der Waals surface area contributed by atoms with Gasteiger partial charge in [-0.2, -0.15) is 5.10 Å². The van der Waals surface area contributed by atoms with Crippen molar-refractivity contribution in [2.75, 3.05) is 26.2 Å². The quantitative estimate of drug-likeness (QED) is 0.720. The molecule has 6 nitrogen and oxygen atoms in total. The first-order chi connectivity index (χ1) is 14.5. The minimum Gasteiger partial charge on any atom is -0.337 e. The Morgan fingerprint density at radius 2 is 1.53 bits per heavy atom. The Morgan fingerprint density at radius 1 is 0.867 bits per heavy atom. The van der Waals surface area contributed by atoms with Crippen molar-refractivity contribution in [1.29, 1.82) is 0 Å². The topological polar surface area (TPSA) is 69.3 Å². The van der Waals surface area contributed by atoms with Crippen LogP contribution in [-0.2, 0) is 0 Å². The molecular weight excluding hydrogens is 390 g/mol. The van der Waals surface area contributed by atoms with E-state index in [1.165, 1.54) is 24.3 Å². The zero-order valence-electron chi connectivity index (χ0n) is 16.1. The van der Waals surface area contributed by atoms with Crippen LogP contribution in [0.5, 0.6) is 0 Å². The van der Waals surface area contributed by atoms with E-state index in [2.05, 4.69) is 10.2 Å². The molecule has 2 amide bonds. The molecule has 3 aromatic rings. The molecule has 8 heteroatoms. The van der Waals surface area contributed by atoms with Gasteiger partial charge in [-0.3, -0.25) is 14.7 Å². The SMILES string of the molecule is O=C(c1cc(-c2ccc(F)cc2)n[nH]1)N1CCCN(C(=O)c2ccccc2F)CC1. The lowest BCUT2D eigenvalue weighted by Gasteiger charge is -2.22. The second-order valence-electron chi connectivity index (χ2n) is 7.09. The van der Waals surface area contributed by atoms with Gasteiger partial charge in [0.25, 0.3) is 11.8 Å². The van der Waals surface area contributed by atoms with Crippen molar-refractivity contribution in [2.45, 2.75) is 6.42 Å². The molecule has 2 heterocycles. The molecule has 0 aliphatic carbocycles. The monoisotopic (exact) mass is 410 g/mol. The van der Waals surface area contributed by atoms with Crippen LogP contribution in [-0.4, -0.2) is 58.0 Å². The highest BCUT2D eigenvalue weighted by Gasteiger charge is 2.25. The van der Waals surface area contributed by atoms with Gasteiger partial charge in [-0.15, -0.1) is 0 Å². The van der Waals surface area contributed by atoms with Crippen molar-refractivity contribution in [1.82, 2.24) is 20.0 Å². The number of hydrogen-bond acceptors (Lipinski definition) is 3. The third kappa shape index (κ3) is 4.07. The van der Waals surface area contributed by atoms with Gasteiger partial charge in [0.1, 0.15) is 17.3 Å². The van der Waals surface area contributed by atoms with E-state index in [1.54, 1.807) is 40.1 Å². The summed E-state index contributed by atoms with van der Waals surface area (Å²) in [6.07, 6.45) is 0.588. The van der Waals surface area contributed by atoms with Gasteiger partial charge in [-0.25, -0.2) is 8.78 Å². The van der Waals surface area contributed by atoms with Gasteiger partial charge in [0.2, 0.25) is 0 Å². The number of halogens is 2. The van der Waals surface area contributed by atoms with Gasteiger partial charge in [0.05, 0.1) is 11.3 Å². The van der Waals surface area contributed by atoms with Gasteiger partial charge in [-0.05, 0) is 48.9 Å². The summed E-state index contributed by atoms with van der Waals surface area (Å²) in [4.78, 5) is 28.7. The number of amides is 2. The molecule has 1 aliphatic rings. The molecular formula is C22H20F2N4O2. The molecule has 4 rings (SSSR count). The fraction of sp³-hybridized carbons (Fsp3) is 0.227. The summed E-state index contributed by atoms with van der Waals surface area (Å²) in [7, 11) is 0. The van der Waals surface area contributed by atoms with Crippen LogP contribution in [0.15, 0.2) is 54.6 Å². The molecule has 154 valence electrons. The van der Waals surface area contributed by atoms with Crippen LogP contribution in [0.25, 0.3) is 11.3 Å². The minimum absolute atomic E-state index is 0.0368. The highest BCUT2D eigenvalue weighted by Crippen LogP contribution is 2.19. The Kier molecular flexibility index (Phi) is 5.56. The number of nitrogens with zero attached hydrogens (tertiary/aromatic N) is 3. The van der Waals surface area contributed by atoms with E-state index >= 15 is 0 Å². The average Bonchev–Trinajstić information content (AvgIpc) is 3.11. The predicted molar refractivity (Wildman–Crippen MR) is 107 cm³/mol. The third-order valence-electron chi connectivity index (χ3n) is 5.12. The van der Waals surface area contributed by atoms with E-state index < -0.39 is 5.82 Å². The van der Waals surface area contributed by atoms with Crippen molar-refractivity contribution in [2.24, 2.45) is 0 Å². The van der Waals surface area contributed by atoms with Gasteiger partial charge >= 0.3 is 0 Å². The van der Waals surface area contributed by atoms with Crippen LogP contribution in [0.3, 0.4) is 0 Å². The molecule has 0 saturated carbocycles. The maximum absolute atomic E-state index is 13.9. The van der Waals surface area contributed by atoms with Gasteiger partial charge in [0.15, 0.2) is 0 Å². The Hall–Kier alpha value is -3.55. The van der Waals surface area contributed by atoms with Crippen molar-refractivity contribution in [3.8, 4) is 11.3 Å². The number of hydrogen-bond donors (Lipinski definition) is 1. The van der Waals surface area contributed by atoms with Crippen molar-refractivity contribution in [3.63, 3.8) is 0 Å². The van der Waals surface area contributed by atoms with E-state index in [0.29, 0.717) is 49.6 Å². The fourth-order valence-corrected chi connectivity index (χ4v) is 3.50. The maximum Gasteiger partial charge on any atom is 0.271 e. The standard InChI is InChI=1S/C22H20F2N4O2/c23-16-8-6-15(7-9-16)19-14-20(26-25-19)22(30)28-11-3-10-27(12-13-28)21(29)17-4-1-2-5-18(17)24/h1-2,4-9,14H,3,10-13H2,(H,25,26). The molecule has 0 atom stereocenters. The van der Waals surface area contributed by atoms with E-state index in [0.717, 1.165) is 0 Å². The second kappa shape index (κ2) is 8.44. The Labute approximate surface area is 172 Å². The van der Waals surface area contributed by atoms with Crippen LogP contribution >= 0.6 is 0 Å². The third-order valence-corrected chi connectivity index (χ3v) is 5.12. The Bertz CT molecular complexity index is 1070. The number of aromatic amines is 1. The Balaban J connectivity index is 1.43. The van der Waals surface area contributed by atoms with Gasteiger partial charge in [0, 0.05) is 31.7 Å². The molecule has 2 aromatic carbocycles. The second-order valence-corrected chi connectivity index (χ2v) is 7.09.